The molecule has 0 aromatic heterocycles. The van der Waals surface area contributed by atoms with Crippen LogP contribution in [0.5, 0.6) is 5.75 Å². The standard InChI is InChI=1S/C16H23NO4/c1-4-21-14-8-6-5-7-13(14)9-10-15(18)17-12(3)11(2)16(19)20/h5-8,11-12H,4,9-10H2,1-3H3,(H,17,18)(H,19,20). The van der Waals surface area contributed by atoms with Gasteiger partial charge in [-0.3, -0.25) is 9.59 Å². The van der Waals surface area contributed by atoms with Crippen molar-refractivity contribution in [3.8, 4) is 5.75 Å². The first-order chi connectivity index (χ1) is 9.95. The minimum absolute atomic E-state index is 0.151. The maximum atomic E-state index is 11.9. The van der Waals surface area contributed by atoms with Crippen LogP contribution >= 0.6 is 0 Å². The number of carbonyl (C=O) groups excluding carboxylic acids is 1. The van der Waals surface area contributed by atoms with Gasteiger partial charge in [0.1, 0.15) is 5.75 Å². The number of aliphatic carboxylic acids is 1. The van der Waals surface area contributed by atoms with Gasteiger partial charge in [-0.25, -0.2) is 0 Å². The van der Waals surface area contributed by atoms with Crippen molar-refractivity contribution in [3.05, 3.63) is 29.8 Å². The molecule has 1 aromatic rings. The van der Waals surface area contributed by atoms with E-state index >= 15 is 0 Å². The lowest BCUT2D eigenvalue weighted by Crippen LogP contribution is -2.40. The topological polar surface area (TPSA) is 75.6 Å². The van der Waals surface area contributed by atoms with E-state index in [1.165, 1.54) is 0 Å². The third-order valence-corrected chi connectivity index (χ3v) is 3.42. The van der Waals surface area contributed by atoms with E-state index in [1.54, 1.807) is 13.8 Å². The first-order valence-corrected chi connectivity index (χ1v) is 7.18. The Kier molecular flexibility index (Phi) is 6.72. The van der Waals surface area contributed by atoms with Crippen molar-refractivity contribution < 1.29 is 19.4 Å². The van der Waals surface area contributed by atoms with Crippen molar-refractivity contribution in [1.29, 1.82) is 0 Å². The number of ether oxygens (including phenoxy) is 1. The normalized spacial score (nSPS) is 13.3. The maximum Gasteiger partial charge on any atom is 0.308 e. The Morgan fingerprint density at radius 2 is 1.95 bits per heavy atom. The van der Waals surface area contributed by atoms with E-state index in [-0.39, 0.29) is 5.91 Å². The number of para-hydroxylation sites is 1. The van der Waals surface area contributed by atoms with Gasteiger partial charge >= 0.3 is 5.97 Å². The predicted molar refractivity (Wildman–Crippen MR) is 80.3 cm³/mol. The number of benzene rings is 1. The van der Waals surface area contributed by atoms with Crippen LogP contribution in [0.2, 0.25) is 0 Å². The third kappa shape index (κ3) is 5.45. The van der Waals surface area contributed by atoms with Crippen LogP contribution in [-0.4, -0.2) is 29.6 Å². The summed E-state index contributed by atoms with van der Waals surface area (Å²) in [5.74, 6) is -0.879. The van der Waals surface area contributed by atoms with Crippen molar-refractivity contribution in [3.63, 3.8) is 0 Å². The largest absolute Gasteiger partial charge is 0.494 e. The molecule has 1 rings (SSSR count). The van der Waals surface area contributed by atoms with Gasteiger partial charge in [0.15, 0.2) is 0 Å². The molecule has 116 valence electrons. The lowest BCUT2D eigenvalue weighted by Gasteiger charge is -2.18. The highest BCUT2D eigenvalue weighted by Gasteiger charge is 2.20. The van der Waals surface area contributed by atoms with Gasteiger partial charge in [0, 0.05) is 12.5 Å². The molecular weight excluding hydrogens is 270 g/mol. The second-order valence-electron chi connectivity index (χ2n) is 5.02. The van der Waals surface area contributed by atoms with Crippen LogP contribution in [-0.2, 0) is 16.0 Å². The SMILES string of the molecule is CCOc1ccccc1CCC(=O)NC(C)C(C)C(=O)O. The number of hydrogen-bond donors (Lipinski definition) is 2. The van der Waals surface area contributed by atoms with Gasteiger partial charge < -0.3 is 15.2 Å². The molecule has 0 heterocycles. The Labute approximate surface area is 125 Å². The zero-order valence-electron chi connectivity index (χ0n) is 12.8. The molecule has 0 aliphatic heterocycles. The molecule has 21 heavy (non-hydrogen) atoms. The molecule has 1 aromatic carbocycles. The smallest absolute Gasteiger partial charge is 0.308 e. The highest BCUT2D eigenvalue weighted by atomic mass is 16.5. The van der Waals surface area contributed by atoms with Crippen molar-refractivity contribution in [2.24, 2.45) is 5.92 Å². The van der Waals surface area contributed by atoms with Crippen molar-refractivity contribution in [2.75, 3.05) is 6.61 Å². The lowest BCUT2D eigenvalue weighted by molar-refractivity contribution is -0.142. The predicted octanol–water partition coefficient (Wildman–Crippen LogP) is 2.24. The van der Waals surface area contributed by atoms with Crippen LogP contribution in [0.15, 0.2) is 24.3 Å². The average Bonchev–Trinajstić information content (AvgIpc) is 2.45. The number of carboxylic acid groups (broad SMARTS) is 1. The van der Waals surface area contributed by atoms with E-state index in [1.807, 2.05) is 31.2 Å². The number of nitrogens with one attached hydrogen (secondary N) is 1. The molecule has 0 radical (unpaired) electrons. The molecular formula is C16H23NO4. The highest BCUT2D eigenvalue weighted by Crippen LogP contribution is 2.19. The highest BCUT2D eigenvalue weighted by molar-refractivity contribution is 5.78. The number of carboxylic acids is 1. The molecule has 0 saturated heterocycles. The average molecular weight is 293 g/mol. The first kappa shape index (κ1) is 17.0. The van der Waals surface area contributed by atoms with Gasteiger partial charge in [0.2, 0.25) is 5.91 Å². The molecule has 0 saturated carbocycles. The van der Waals surface area contributed by atoms with Gasteiger partial charge in [-0.15, -0.1) is 0 Å². The number of aryl methyl sites for hydroxylation is 1. The molecule has 5 nitrogen and oxygen atoms in total. The fourth-order valence-corrected chi connectivity index (χ4v) is 1.92. The summed E-state index contributed by atoms with van der Waals surface area (Å²) in [5.41, 5.74) is 0.980. The van der Waals surface area contributed by atoms with E-state index in [9.17, 15) is 9.59 Å². The van der Waals surface area contributed by atoms with Crippen LogP contribution in [0.4, 0.5) is 0 Å². The fraction of sp³-hybridized carbons (Fsp3) is 0.500. The van der Waals surface area contributed by atoms with Gasteiger partial charge in [0.05, 0.1) is 12.5 Å². The monoisotopic (exact) mass is 293 g/mol. The Morgan fingerprint density at radius 1 is 1.29 bits per heavy atom. The minimum atomic E-state index is -0.913. The Hall–Kier alpha value is -2.04. The lowest BCUT2D eigenvalue weighted by atomic mass is 10.0. The van der Waals surface area contributed by atoms with E-state index in [4.69, 9.17) is 9.84 Å². The van der Waals surface area contributed by atoms with Gasteiger partial charge in [-0.05, 0) is 38.8 Å². The van der Waals surface area contributed by atoms with Gasteiger partial charge in [0.25, 0.3) is 0 Å². The Morgan fingerprint density at radius 3 is 2.57 bits per heavy atom. The summed E-state index contributed by atoms with van der Waals surface area (Å²) in [7, 11) is 0. The molecule has 0 fully saturated rings. The molecule has 1 amide bonds. The minimum Gasteiger partial charge on any atom is -0.494 e. The van der Waals surface area contributed by atoms with Crippen LogP contribution in [0, 0.1) is 5.92 Å². The molecule has 2 atom stereocenters. The van der Waals surface area contributed by atoms with E-state index in [2.05, 4.69) is 5.32 Å². The maximum absolute atomic E-state index is 11.9. The summed E-state index contributed by atoms with van der Waals surface area (Å²) in [6, 6.07) is 7.22. The molecule has 2 unspecified atom stereocenters. The quantitative estimate of drug-likeness (QED) is 0.770. The van der Waals surface area contributed by atoms with Crippen LogP contribution < -0.4 is 10.1 Å². The zero-order chi connectivity index (χ0) is 15.8. The van der Waals surface area contributed by atoms with Crippen molar-refractivity contribution in [1.82, 2.24) is 5.32 Å². The second kappa shape index (κ2) is 8.29. The molecule has 0 aliphatic rings. The van der Waals surface area contributed by atoms with Crippen LogP contribution in [0.1, 0.15) is 32.8 Å². The van der Waals surface area contributed by atoms with Crippen molar-refractivity contribution >= 4 is 11.9 Å². The van der Waals surface area contributed by atoms with E-state index < -0.39 is 17.9 Å². The summed E-state index contributed by atoms with van der Waals surface area (Å²) < 4.78 is 5.51. The van der Waals surface area contributed by atoms with Crippen molar-refractivity contribution in [2.45, 2.75) is 39.7 Å². The molecule has 5 heteroatoms. The third-order valence-electron chi connectivity index (χ3n) is 3.42. The Bertz CT molecular complexity index is 487. The van der Waals surface area contributed by atoms with Gasteiger partial charge in [-0.2, -0.15) is 0 Å². The molecule has 2 N–H and O–H groups in total. The molecule has 0 spiro atoms. The summed E-state index contributed by atoms with van der Waals surface area (Å²) in [5, 5.41) is 11.6. The number of carbonyl (C=O) groups is 2. The number of amides is 1. The molecule has 0 bridgehead atoms. The first-order valence-electron chi connectivity index (χ1n) is 7.18. The van der Waals surface area contributed by atoms with Crippen LogP contribution in [0.25, 0.3) is 0 Å². The summed E-state index contributed by atoms with van der Waals surface area (Å²) in [6.45, 7) is 5.78. The summed E-state index contributed by atoms with van der Waals surface area (Å²) >= 11 is 0. The molecule has 0 aliphatic carbocycles. The second-order valence-corrected chi connectivity index (χ2v) is 5.02. The zero-order valence-corrected chi connectivity index (χ0v) is 12.8. The van der Waals surface area contributed by atoms with E-state index in [0.717, 1.165) is 11.3 Å². The number of hydrogen-bond acceptors (Lipinski definition) is 3. The van der Waals surface area contributed by atoms with Gasteiger partial charge in [-0.1, -0.05) is 18.2 Å². The number of rotatable bonds is 8. The van der Waals surface area contributed by atoms with E-state index in [0.29, 0.717) is 19.4 Å². The summed E-state index contributed by atoms with van der Waals surface area (Å²) in [4.78, 5) is 22.7. The summed E-state index contributed by atoms with van der Waals surface area (Å²) in [6.07, 6.45) is 0.872. The van der Waals surface area contributed by atoms with Crippen LogP contribution in [0.3, 0.4) is 0 Å². The fourth-order valence-electron chi connectivity index (χ4n) is 1.92. The Balaban J connectivity index is 2.52.